The van der Waals surface area contributed by atoms with E-state index < -0.39 is 29.4 Å². The van der Waals surface area contributed by atoms with Crippen LogP contribution in [-0.2, 0) is 22.2 Å². The number of hydrogen-bond acceptors (Lipinski definition) is 5. The maximum Gasteiger partial charge on any atom is 0.416 e. The monoisotopic (exact) mass is 430 g/mol. The number of rotatable bonds is 3. The molecule has 9 heteroatoms. The van der Waals surface area contributed by atoms with Crippen LogP contribution in [0.2, 0.25) is 0 Å². The first-order valence-corrected chi connectivity index (χ1v) is 9.75. The molecule has 0 aromatic heterocycles. The Hall–Kier alpha value is -2.29. The largest absolute Gasteiger partial charge is 0.465 e. The summed E-state index contributed by atoms with van der Waals surface area (Å²) in [5, 5.41) is 0. The first kappa shape index (κ1) is 24.0. The number of benzene rings is 1. The number of hydrogen-bond donors (Lipinski definition) is 0. The molecule has 0 N–H and O–H groups in total. The molecule has 1 heterocycles. The number of ether oxygens (including phenoxy) is 2. The lowest BCUT2D eigenvalue weighted by Crippen LogP contribution is -2.59. The molecule has 1 fully saturated rings. The maximum atomic E-state index is 13.6. The van der Waals surface area contributed by atoms with Crippen LogP contribution in [0.15, 0.2) is 18.2 Å². The fraction of sp³-hybridized carbons (Fsp3) is 0.619. The quantitative estimate of drug-likeness (QED) is 0.669. The molecule has 0 spiro atoms. The highest BCUT2D eigenvalue weighted by molar-refractivity contribution is 5.89. The molecule has 1 amide bonds. The third-order valence-corrected chi connectivity index (χ3v) is 4.83. The Morgan fingerprint density at radius 2 is 1.67 bits per heavy atom. The Morgan fingerprint density at radius 3 is 2.13 bits per heavy atom. The van der Waals surface area contributed by atoms with Gasteiger partial charge < -0.3 is 14.4 Å². The van der Waals surface area contributed by atoms with Gasteiger partial charge >= 0.3 is 18.2 Å². The van der Waals surface area contributed by atoms with Gasteiger partial charge in [0.2, 0.25) is 0 Å². The molecule has 0 saturated carbocycles. The highest BCUT2D eigenvalue weighted by Gasteiger charge is 2.38. The van der Waals surface area contributed by atoms with Gasteiger partial charge in [0.1, 0.15) is 5.60 Å². The van der Waals surface area contributed by atoms with Crippen LogP contribution in [0.4, 0.5) is 18.0 Å². The summed E-state index contributed by atoms with van der Waals surface area (Å²) in [5.74, 6) is -0.819. The lowest BCUT2D eigenvalue weighted by Gasteiger charge is -2.44. The summed E-state index contributed by atoms with van der Waals surface area (Å²) < 4.78 is 50.7. The van der Waals surface area contributed by atoms with Crippen LogP contribution in [0.5, 0.6) is 0 Å². The summed E-state index contributed by atoms with van der Waals surface area (Å²) in [7, 11) is 1.12. The Labute approximate surface area is 174 Å². The molecule has 2 rings (SSSR count). The molecule has 0 aliphatic carbocycles. The van der Waals surface area contributed by atoms with Crippen molar-refractivity contribution in [2.24, 2.45) is 0 Å². The predicted octanol–water partition coefficient (Wildman–Crippen LogP) is 4.32. The van der Waals surface area contributed by atoms with E-state index in [2.05, 4.69) is 4.74 Å². The zero-order valence-corrected chi connectivity index (χ0v) is 18.2. The van der Waals surface area contributed by atoms with Gasteiger partial charge in [-0.2, -0.15) is 13.2 Å². The Morgan fingerprint density at radius 1 is 1.10 bits per heavy atom. The summed E-state index contributed by atoms with van der Waals surface area (Å²) in [6.07, 6.45) is -5.03. The fourth-order valence-electron chi connectivity index (χ4n) is 3.70. The van der Waals surface area contributed by atoms with E-state index in [-0.39, 0.29) is 29.8 Å². The molecular formula is C21H29F3N2O4. The Bertz CT molecular complexity index is 777. The number of amides is 1. The third kappa shape index (κ3) is 5.87. The molecule has 1 aromatic rings. The molecule has 1 aliphatic heterocycles. The van der Waals surface area contributed by atoms with Gasteiger partial charge in [-0.05, 0) is 52.3 Å². The topological polar surface area (TPSA) is 59.1 Å². The van der Waals surface area contributed by atoms with Gasteiger partial charge in [-0.25, -0.2) is 9.59 Å². The van der Waals surface area contributed by atoms with Crippen molar-refractivity contribution in [2.75, 3.05) is 20.2 Å². The molecule has 1 aliphatic rings. The zero-order valence-electron chi connectivity index (χ0n) is 18.2. The first-order valence-electron chi connectivity index (χ1n) is 9.75. The van der Waals surface area contributed by atoms with Gasteiger partial charge in [-0.15, -0.1) is 0 Å². The minimum Gasteiger partial charge on any atom is -0.465 e. The number of carbonyl (C=O) groups excluding carboxylic acids is 2. The van der Waals surface area contributed by atoms with Crippen LogP contribution in [0.25, 0.3) is 0 Å². The fourth-order valence-corrected chi connectivity index (χ4v) is 3.70. The summed E-state index contributed by atoms with van der Waals surface area (Å²) in [6.45, 7) is 9.90. The SMILES string of the molecule is COC(=O)c1ccc(CN2CC(C)N(C(=O)OC(C)(C)C)C(C)C2)c(C(F)(F)F)c1. The molecule has 2 atom stereocenters. The van der Waals surface area contributed by atoms with E-state index in [4.69, 9.17) is 4.74 Å². The highest BCUT2D eigenvalue weighted by Crippen LogP contribution is 2.34. The second-order valence-corrected chi connectivity index (χ2v) is 8.64. The molecular weight excluding hydrogens is 401 g/mol. The van der Waals surface area contributed by atoms with E-state index >= 15 is 0 Å². The van der Waals surface area contributed by atoms with Crippen molar-refractivity contribution in [2.45, 2.75) is 65.0 Å². The molecule has 2 unspecified atom stereocenters. The smallest absolute Gasteiger partial charge is 0.416 e. The number of methoxy groups -OCH3 is 1. The Kier molecular flexibility index (Phi) is 7.06. The molecule has 1 aromatic carbocycles. The van der Waals surface area contributed by atoms with Gasteiger partial charge in [0.15, 0.2) is 0 Å². The van der Waals surface area contributed by atoms with Crippen LogP contribution in [0, 0.1) is 0 Å². The minimum atomic E-state index is -4.60. The normalized spacial score (nSPS) is 20.8. The van der Waals surface area contributed by atoms with Crippen LogP contribution in [0.1, 0.15) is 56.1 Å². The Balaban J connectivity index is 2.20. The molecule has 168 valence electrons. The molecule has 6 nitrogen and oxygen atoms in total. The lowest BCUT2D eigenvalue weighted by molar-refractivity contribution is -0.138. The van der Waals surface area contributed by atoms with Crippen molar-refractivity contribution in [1.29, 1.82) is 0 Å². The second kappa shape index (κ2) is 8.83. The number of nitrogens with zero attached hydrogens (tertiary/aromatic N) is 2. The van der Waals surface area contributed by atoms with Gasteiger partial charge in [0, 0.05) is 31.7 Å². The van der Waals surface area contributed by atoms with E-state index in [1.165, 1.54) is 12.1 Å². The second-order valence-electron chi connectivity index (χ2n) is 8.64. The van der Waals surface area contributed by atoms with Crippen molar-refractivity contribution < 1.29 is 32.2 Å². The average Bonchev–Trinajstić information content (AvgIpc) is 2.58. The van der Waals surface area contributed by atoms with E-state index in [0.717, 1.165) is 13.2 Å². The lowest BCUT2D eigenvalue weighted by atomic mass is 10.0. The van der Waals surface area contributed by atoms with Crippen molar-refractivity contribution in [3.8, 4) is 0 Å². The summed E-state index contributed by atoms with van der Waals surface area (Å²) in [5.41, 5.74) is -1.57. The van der Waals surface area contributed by atoms with E-state index in [1.807, 2.05) is 18.7 Å². The molecule has 0 radical (unpaired) electrons. The summed E-state index contributed by atoms with van der Waals surface area (Å²) >= 11 is 0. The van der Waals surface area contributed by atoms with Crippen molar-refractivity contribution in [1.82, 2.24) is 9.80 Å². The maximum absolute atomic E-state index is 13.6. The number of alkyl halides is 3. The van der Waals surface area contributed by atoms with Gasteiger partial charge in [0.05, 0.1) is 18.2 Å². The van der Waals surface area contributed by atoms with Crippen LogP contribution >= 0.6 is 0 Å². The third-order valence-electron chi connectivity index (χ3n) is 4.83. The minimum absolute atomic E-state index is 0.0487. The highest BCUT2D eigenvalue weighted by atomic mass is 19.4. The predicted molar refractivity (Wildman–Crippen MR) is 105 cm³/mol. The summed E-state index contributed by atoms with van der Waals surface area (Å²) in [4.78, 5) is 27.6. The van der Waals surface area contributed by atoms with E-state index in [0.29, 0.717) is 13.1 Å². The zero-order chi connectivity index (χ0) is 22.9. The van der Waals surface area contributed by atoms with Gasteiger partial charge in [-0.3, -0.25) is 4.90 Å². The van der Waals surface area contributed by atoms with Crippen LogP contribution < -0.4 is 0 Å². The molecule has 30 heavy (non-hydrogen) atoms. The average molecular weight is 430 g/mol. The van der Waals surface area contributed by atoms with Crippen LogP contribution in [-0.4, -0.2) is 59.7 Å². The first-order chi connectivity index (χ1) is 13.7. The standard InChI is InChI=1S/C21H29F3N2O4/c1-13-10-25(11-14(2)26(13)19(28)30-20(3,4)5)12-16-8-7-15(18(27)29-6)9-17(16)21(22,23)24/h7-9,13-14H,10-12H2,1-6H3. The number of esters is 1. The summed E-state index contributed by atoms with van der Waals surface area (Å²) in [6, 6.07) is 3.01. The van der Waals surface area contributed by atoms with Crippen molar-refractivity contribution >= 4 is 12.1 Å². The van der Waals surface area contributed by atoms with Gasteiger partial charge in [0.25, 0.3) is 0 Å². The van der Waals surface area contributed by atoms with E-state index in [1.54, 1.807) is 25.7 Å². The van der Waals surface area contributed by atoms with E-state index in [9.17, 15) is 22.8 Å². The van der Waals surface area contributed by atoms with Gasteiger partial charge in [-0.1, -0.05) is 6.07 Å². The number of piperazine rings is 1. The number of carbonyl (C=O) groups is 2. The molecule has 1 saturated heterocycles. The van der Waals surface area contributed by atoms with Crippen molar-refractivity contribution in [3.05, 3.63) is 34.9 Å². The number of halogens is 3. The molecule has 0 bridgehead atoms. The van der Waals surface area contributed by atoms with Crippen LogP contribution in [0.3, 0.4) is 0 Å². The van der Waals surface area contributed by atoms with Crippen molar-refractivity contribution in [3.63, 3.8) is 0 Å².